The topological polar surface area (TPSA) is 96.9 Å². The van der Waals surface area contributed by atoms with Gasteiger partial charge in [-0.15, -0.1) is 0 Å². The van der Waals surface area contributed by atoms with Crippen LogP contribution in [-0.4, -0.2) is 26.8 Å². The molecule has 0 bridgehead atoms. The van der Waals surface area contributed by atoms with Gasteiger partial charge in [-0.2, -0.15) is 0 Å². The third kappa shape index (κ3) is 7.32. The predicted molar refractivity (Wildman–Crippen MR) is 152 cm³/mol. The number of hydrogen-bond donors (Lipinski definition) is 2. The first-order valence-corrected chi connectivity index (χ1v) is 12.9. The van der Waals surface area contributed by atoms with E-state index in [4.69, 9.17) is 9.97 Å². The van der Waals surface area contributed by atoms with Gasteiger partial charge in [-0.05, 0) is 54.3 Å². The Hall–Kier alpha value is -4.39. The number of nitrogens with one attached hydrogen (secondary N) is 2. The molecule has 7 heteroatoms. The van der Waals surface area contributed by atoms with Gasteiger partial charge in [-0.1, -0.05) is 52.0 Å². The van der Waals surface area contributed by atoms with E-state index in [0.717, 1.165) is 39.5 Å². The van der Waals surface area contributed by atoms with E-state index in [1.54, 1.807) is 12.4 Å². The van der Waals surface area contributed by atoms with Crippen LogP contribution in [0.25, 0.3) is 33.9 Å². The van der Waals surface area contributed by atoms with Crippen molar-refractivity contribution >= 4 is 23.2 Å². The van der Waals surface area contributed by atoms with Gasteiger partial charge in [0.05, 0.1) is 11.4 Å². The maximum absolute atomic E-state index is 12.2. The average molecular weight is 508 g/mol. The fourth-order valence-electron chi connectivity index (χ4n) is 3.99. The third-order valence-corrected chi connectivity index (χ3v) is 5.78. The van der Waals surface area contributed by atoms with Crippen molar-refractivity contribution in [1.82, 2.24) is 15.0 Å². The molecule has 2 aromatic heterocycles. The molecule has 2 N–H and O–H groups in total. The maximum atomic E-state index is 12.2. The highest BCUT2D eigenvalue weighted by Gasteiger charge is 2.12. The molecule has 0 aliphatic heterocycles. The molecule has 0 saturated heterocycles. The number of aromatic nitrogens is 3. The van der Waals surface area contributed by atoms with Gasteiger partial charge >= 0.3 is 0 Å². The minimum Gasteiger partial charge on any atom is -0.326 e. The lowest BCUT2D eigenvalue weighted by atomic mass is 10.1. The van der Waals surface area contributed by atoms with E-state index >= 15 is 0 Å². The Balaban J connectivity index is 1.64. The molecule has 7 nitrogen and oxygen atoms in total. The first-order valence-electron chi connectivity index (χ1n) is 12.9. The summed E-state index contributed by atoms with van der Waals surface area (Å²) >= 11 is 0. The van der Waals surface area contributed by atoms with E-state index in [1.807, 2.05) is 94.4 Å². The van der Waals surface area contributed by atoms with Crippen LogP contribution in [0.4, 0.5) is 11.4 Å². The largest absolute Gasteiger partial charge is 0.326 e. The van der Waals surface area contributed by atoms with E-state index in [-0.39, 0.29) is 11.8 Å². The fourth-order valence-corrected chi connectivity index (χ4v) is 3.99. The summed E-state index contributed by atoms with van der Waals surface area (Å²) in [6.45, 7) is 8.08. The van der Waals surface area contributed by atoms with Crippen molar-refractivity contribution < 1.29 is 9.59 Å². The second-order valence-corrected chi connectivity index (χ2v) is 10.1. The maximum Gasteiger partial charge on any atom is 0.224 e. The standard InChI is InChI=1S/C31H33N5O2/c1-20(2)17-29(37)33-25-9-5-22(6-10-25)27-19-28(36-31(35-27)24-13-15-32-16-14-24)23-7-11-26(12-8-23)34-30(38)18-21(3)4/h5-16,19-21H,17-18H2,1-4H3,(H,33,37)(H,34,38). The van der Waals surface area contributed by atoms with Crippen molar-refractivity contribution in [3.8, 4) is 33.9 Å². The Morgan fingerprint density at radius 2 is 1.05 bits per heavy atom. The second-order valence-electron chi connectivity index (χ2n) is 10.1. The summed E-state index contributed by atoms with van der Waals surface area (Å²) in [7, 11) is 0. The third-order valence-electron chi connectivity index (χ3n) is 5.78. The molecule has 0 radical (unpaired) electrons. The average Bonchev–Trinajstić information content (AvgIpc) is 2.89. The highest BCUT2D eigenvalue weighted by atomic mass is 16.2. The first-order chi connectivity index (χ1) is 18.3. The molecule has 0 atom stereocenters. The molecule has 2 aromatic carbocycles. The van der Waals surface area contributed by atoms with Gasteiger partial charge in [0.1, 0.15) is 0 Å². The summed E-state index contributed by atoms with van der Waals surface area (Å²) in [5, 5.41) is 5.89. The van der Waals surface area contributed by atoms with Crippen molar-refractivity contribution in [3.63, 3.8) is 0 Å². The molecular formula is C31H33N5O2. The Morgan fingerprint density at radius 1 is 0.632 bits per heavy atom. The molecular weight excluding hydrogens is 474 g/mol. The van der Waals surface area contributed by atoms with Crippen LogP contribution in [0.15, 0.2) is 79.1 Å². The number of carbonyl (C=O) groups is 2. The second kappa shape index (κ2) is 12.2. The number of rotatable bonds is 9. The zero-order valence-corrected chi connectivity index (χ0v) is 22.2. The van der Waals surface area contributed by atoms with E-state index in [0.29, 0.717) is 30.5 Å². The molecule has 194 valence electrons. The molecule has 2 heterocycles. The van der Waals surface area contributed by atoms with Gasteiger partial charge < -0.3 is 10.6 Å². The zero-order valence-electron chi connectivity index (χ0n) is 22.2. The van der Waals surface area contributed by atoms with Crippen LogP contribution in [-0.2, 0) is 9.59 Å². The molecule has 0 aliphatic carbocycles. The van der Waals surface area contributed by atoms with Crippen LogP contribution in [0.2, 0.25) is 0 Å². The summed E-state index contributed by atoms with van der Waals surface area (Å²) in [4.78, 5) is 38.1. The molecule has 0 aliphatic rings. The van der Waals surface area contributed by atoms with Crippen molar-refractivity contribution in [1.29, 1.82) is 0 Å². The monoisotopic (exact) mass is 507 g/mol. The van der Waals surface area contributed by atoms with Crippen molar-refractivity contribution in [2.24, 2.45) is 11.8 Å². The summed E-state index contributed by atoms with van der Waals surface area (Å²) in [6, 6.07) is 21.0. The molecule has 4 aromatic rings. The highest BCUT2D eigenvalue weighted by molar-refractivity contribution is 5.91. The van der Waals surface area contributed by atoms with Crippen molar-refractivity contribution in [2.75, 3.05) is 10.6 Å². The number of anilines is 2. The number of benzene rings is 2. The zero-order chi connectivity index (χ0) is 27.1. The van der Waals surface area contributed by atoms with Gasteiger partial charge in [0.15, 0.2) is 5.82 Å². The lowest BCUT2D eigenvalue weighted by Gasteiger charge is -2.11. The Labute approximate surface area is 223 Å². The predicted octanol–water partition coefficient (Wildman–Crippen LogP) is 6.84. The van der Waals surface area contributed by atoms with Crippen LogP contribution in [0.5, 0.6) is 0 Å². The van der Waals surface area contributed by atoms with E-state index in [2.05, 4.69) is 15.6 Å². The summed E-state index contributed by atoms with van der Waals surface area (Å²) in [5.41, 5.74) is 5.69. The highest BCUT2D eigenvalue weighted by Crippen LogP contribution is 2.29. The minimum atomic E-state index is 0.000822. The quantitative estimate of drug-likeness (QED) is 0.258. The van der Waals surface area contributed by atoms with Crippen LogP contribution < -0.4 is 10.6 Å². The van der Waals surface area contributed by atoms with E-state index in [1.165, 1.54) is 0 Å². The van der Waals surface area contributed by atoms with Gasteiger partial charge in [-0.25, -0.2) is 9.97 Å². The van der Waals surface area contributed by atoms with Crippen LogP contribution in [0.3, 0.4) is 0 Å². The van der Waals surface area contributed by atoms with Crippen molar-refractivity contribution in [3.05, 3.63) is 79.1 Å². The number of hydrogen-bond acceptors (Lipinski definition) is 5. The van der Waals surface area contributed by atoms with Gasteiger partial charge in [0, 0.05) is 53.3 Å². The molecule has 0 spiro atoms. The van der Waals surface area contributed by atoms with E-state index < -0.39 is 0 Å². The molecule has 0 unspecified atom stereocenters. The smallest absolute Gasteiger partial charge is 0.224 e. The Bertz CT molecular complexity index is 1300. The van der Waals surface area contributed by atoms with Gasteiger partial charge in [-0.3, -0.25) is 14.6 Å². The number of carbonyl (C=O) groups excluding carboxylic acids is 2. The summed E-state index contributed by atoms with van der Waals surface area (Å²) in [5.74, 6) is 1.18. The number of nitrogens with zero attached hydrogens (tertiary/aromatic N) is 3. The normalized spacial score (nSPS) is 11.0. The molecule has 0 fully saturated rings. The van der Waals surface area contributed by atoms with Crippen LogP contribution in [0, 0.1) is 11.8 Å². The van der Waals surface area contributed by atoms with Gasteiger partial charge in [0.25, 0.3) is 0 Å². The molecule has 38 heavy (non-hydrogen) atoms. The Kier molecular flexibility index (Phi) is 8.58. The van der Waals surface area contributed by atoms with Crippen LogP contribution in [0.1, 0.15) is 40.5 Å². The SMILES string of the molecule is CC(C)CC(=O)Nc1ccc(-c2cc(-c3ccc(NC(=O)CC(C)C)cc3)nc(-c3ccncc3)n2)cc1. The molecule has 2 amide bonds. The lowest BCUT2D eigenvalue weighted by molar-refractivity contribution is -0.117. The first kappa shape index (κ1) is 26.7. The Morgan fingerprint density at radius 3 is 1.45 bits per heavy atom. The van der Waals surface area contributed by atoms with E-state index in [9.17, 15) is 9.59 Å². The fraction of sp³-hybridized carbons (Fsp3) is 0.258. The molecule has 4 rings (SSSR count). The lowest BCUT2D eigenvalue weighted by Crippen LogP contribution is -2.13. The van der Waals surface area contributed by atoms with Gasteiger partial charge in [0.2, 0.25) is 11.8 Å². The van der Waals surface area contributed by atoms with Crippen LogP contribution >= 0.6 is 0 Å². The number of pyridine rings is 1. The number of amides is 2. The van der Waals surface area contributed by atoms with Crippen molar-refractivity contribution in [2.45, 2.75) is 40.5 Å². The minimum absolute atomic E-state index is 0.000822. The molecule has 0 saturated carbocycles. The summed E-state index contributed by atoms with van der Waals surface area (Å²) < 4.78 is 0. The summed E-state index contributed by atoms with van der Waals surface area (Å²) in [6.07, 6.45) is 4.39.